The van der Waals surface area contributed by atoms with E-state index >= 15 is 0 Å². The molecule has 0 amide bonds. The van der Waals surface area contributed by atoms with E-state index < -0.39 is 17.5 Å². The van der Waals surface area contributed by atoms with Gasteiger partial charge < -0.3 is 4.74 Å². The van der Waals surface area contributed by atoms with Crippen molar-refractivity contribution in [3.05, 3.63) is 52.3 Å². The number of ether oxygens (including phenoxy) is 1. The zero-order valence-corrected chi connectivity index (χ0v) is 10.9. The summed E-state index contributed by atoms with van der Waals surface area (Å²) in [5, 5.41) is 0. The Bertz CT molecular complexity index is 599. The van der Waals surface area contributed by atoms with Gasteiger partial charge >= 0.3 is 0 Å². The van der Waals surface area contributed by atoms with Crippen LogP contribution in [0.3, 0.4) is 0 Å². The van der Waals surface area contributed by atoms with Gasteiger partial charge in [0.25, 0.3) is 0 Å². The molecule has 2 rings (SSSR count). The van der Waals surface area contributed by atoms with Crippen LogP contribution in [0.4, 0.5) is 13.2 Å². The average molecular weight is 317 g/mol. The van der Waals surface area contributed by atoms with Crippen molar-refractivity contribution >= 4 is 15.9 Å². The average Bonchev–Trinajstić information content (AvgIpc) is 2.32. The summed E-state index contributed by atoms with van der Waals surface area (Å²) in [6, 6.07) is 5.93. The fraction of sp³-hybridized carbons (Fsp3) is 0.0769. The van der Waals surface area contributed by atoms with Gasteiger partial charge in [-0.15, -0.1) is 0 Å². The third-order valence-corrected chi connectivity index (χ3v) is 3.14. The molecule has 5 heteroatoms. The molecule has 2 aromatic carbocycles. The molecule has 94 valence electrons. The first kappa shape index (κ1) is 13.0. The Balaban J connectivity index is 2.70. The monoisotopic (exact) mass is 316 g/mol. The molecule has 0 atom stereocenters. The van der Waals surface area contributed by atoms with Crippen molar-refractivity contribution in [1.29, 1.82) is 0 Å². The van der Waals surface area contributed by atoms with Crippen LogP contribution in [0.1, 0.15) is 0 Å². The molecule has 0 aliphatic heterocycles. The van der Waals surface area contributed by atoms with Crippen molar-refractivity contribution in [3.8, 4) is 16.9 Å². The van der Waals surface area contributed by atoms with E-state index in [0.717, 1.165) is 6.07 Å². The normalized spacial score (nSPS) is 10.5. The first-order valence-electron chi connectivity index (χ1n) is 5.02. The molecule has 0 spiro atoms. The minimum Gasteiger partial charge on any atom is -0.494 e. The summed E-state index contributed by atoms with van der Waals surface area (Å²) in [7, 11) is 1.32. The molecule has 0 N–H and O–H groups in total. The molecule has 0 unspecified atom stereocenters. The van der Waals surface area contributed by atoms with E-state index in [1.54, 1.807) is 6.07 Å². The maximum Gasteiger partial charge on any atom is 0.174 e. The van der Waals surface area contributed by atoms with Crippen molar-refractivity contribution in [2.24, 2.45) is 0 Å². The maximum atomic E-state index is 14.1. The number of benzene rings is 2. The number of methoxy groups -OCH3 is 1. The van der Waals surface area contributed by atoms with Gasteiger partial charge in [-0.2, -0.15) is 0 Å². The molecule has 0 radical (unpaired) electrons. The molecule has 0 aliphatic rings. The summed E-state index contributed by atoms with van der Waals surface area (Å²) in [4.78, 5) is 0. The summed E-state index contributed by atoms with van der Waals surface area (Å²) in [6.07, 6.45) is 0. The topological polar surface area (TPSA) is 9.23 Å². The molecule has 2 aromatic rings. The summed E-state index contributed by atoms with van der Waals surface area (Å²) < 4.78 is 45.8. The largest absolute Gasteiger partial charge is 0.494 e. The Morgan fingerprint density at radius 2 is 1.78 bits per heavy atom. The van der Waals surface area contributed by atoms with Crippen molar-refractivity contribution < 1.29 is 17.9 Å². The van der Waals surface area contributed by atoms with Gasteiger partial charge in [-0.3, -0.25) is 0 Å². The second-order valence-corrected chi connectivity index (χ2v) is 4.42. The van der Waals surface area contributed by atoms with Crippen LogP contribution >= 0.6 is 15.9 Å². The maximum absolute atomic E-state index is 14.1. The summed E-state index contributed by atoms with van der Waals surface area (Å²) in [5.74, 6) is -2.24. The SMILES string of the molecule is COc1ccc(Br)c(-c2ccc(F)cc2F)c1F. The van der Waals surface area contributed by atoms with Gasteiger partial charge in [-0.25, -0.2) is 13.2 Å². The van der Waals surface area contributed by atoms with Gasteiger partial charge in [0.2, 0.25) is 0 Å². The van der Waals surface area contributed by atoms with E-state index in [1.807, 2.05) is 0 Å². The predicted octanol–water partition coefficient (Wildman–Crippen LogP) is 4.54. The molecule has 0 aromatic heterocycles. The van der Waals surface area contributed by atoms with Crippen LogP contribution in [0.25, 0.3) is 11.1 Å². The van der Waals surface area contributed by atoms with Gasteiger partial charge in [-0.1, -0.05) is 15.9 Å². The number of hydrogen-bond acceptors (Lipinski definition) is 1. The standard InChI is InChI=1S/C13H8BrF3O/c1-18-11-5-4-9(14)12(13(11)17)8-3-2-7(15)6-10(8)16/h2-6H,1H3. The van der Waals surface area contributed by atoms with E-state index in [9.17, 15) is 13.2 Å². The molecule has 0 fully saturated rings. The third-order valence-electron chi connectivity index (χ3n) is 2.48. The molecule has 0 saturated carbocycles. The highest BCUT2D eigenvalue weighted by atomic mass is 79.9. The molecule has 18 heavy (non-hydrogen) atoms. The van der Waals surface area contributed by atoms with Gasteiger partial charge in [0.05, 0.1) is 7.11 Å². The smallest absolute Gasteiger partial charge is 0.174 e. The van der Waals surface area contributed by atoms with E-state index in [4.69, 9.17) is 4.74 Å². The Morgan fingerprint density at radius 1 is 1.06 bits per heavy atom. The minimum absolute atomic E-state index is 0.00285. The highest BCUT2D eigenvalue weighted by molar-refractivity contribution is 9.10. The lowest BCUT2D eigenvalue weighted by molar-refractivity contribution is 0.387. The van der Waals surface area contributed by atoms with Crippen molar-refractivity contribution in [3.63, 3.8) is 0 Å². The quantitative estimate of drug-likeness (QED) is 0.790. The predicted molar refractivity (Wildman–Crippen MR) is 66.0 cm³/mol. The second kappa shape index (κ2) is 5.02. The van der Waals surface area contributed by atoms with Crippen molar-refractivity contribution in [2.75, 3.05) is 7.11 Å². The highest BCUT2D eigenvalue weighted by Gasteiger charge is 2.17. The van der Waals surface area contributed by atoms with Crippen LogP contribution in [0.15, 0.2) is 34.8 Å². The lowest BCUT2D eigenvalue weighted by Crippen LogP contribution is -1.95. The Hall–Kier alpha value is -1.49. The fourth-order valence-corrected chi connectivity index (χ4v) is 2.15. The molecule has 0 aliphatic carbocycles. The minimum atomic E-state index is -0.831. The zero-order chi connectivity index (χ0) is 13.3. The number of rotatable bonds is 2. The molecule has 0 bridgehead atoms. The van der Waals surface area contributed by atoms with Gasteiger partial charge in [-0.05, 0) is 24.3 Å². The van der Waals surface area contributed by atoms with Crippen LogP contribution < -0.4 is 4.74 Å². The van der Waals surface area contributed by atoms with E-state index in [-0.39, 0.29) is 16.9 Å². The van der Waals surface area contributed by atoms with E-state index in [2.05, 4.69) is 15.9 Å². The van der Waals surface area contributed by atoms with Crippen molar-refractivity contribution in [1.82, 2.24) is 0 Å². The van der Waals surface area contributed by atoms with E-state index in [0.29, 0.717) is 10.5 Å². The van der Waals surface area contributed by atoms with Gasteiger partial charge in [0.1, 0.15) is 11.6 Å². The Labute approximate surface area is 110 Å². The fourth-order valence-electron chi connectivity index (χ4n) is 1.63. The Kier molecular flexibility index (Phi) is 3.61. The summed E-state index contributed by atoms with van der Waals surface area (Å²) in [5.41, 5.74) is -0.0217. The molecule has 0 heterocycles. The van der Waals surface area contributed by atoms with Crippen molar-refractivity contribution in [2.45, 2.75) is 0 Å². The van der Waals surface area contributed by atoms with Crippen LogP contribution in [0, 0.1) is 17.5 Å². The molecule has 1 nitrogen and oxygen atoms in total. The van der Waals surface area contributed by atoms with Gasteiger partial charge in [0.15, 0.2) is 11.6 Å². The molecular weight excluding hydrogens is 309 g/mol. The first-order chi connectivity index (χ1) is 8.54. The number of halogens is 4. The highest BCUT2D eigenvalue weighted by Crippen LogP contribution is 2.36. The third kappa shape index (κ3) is 2.22. The second-order valence-electron chi connectivity index (χ2n) is 3.56. The summed E-state index contributed by atoms with van der Waals surface area (Å²) >= 11 is 3.14. The summed E-state index contributed by atoms with van der Waals surface area (Å²) in [6.45, 7) is 0. The number of hydrogen-bond donors (Lipinski definition) is 0. The van der Waals surface area contributed by atoms with E-state index in [1.165, 1.54) is 19.2 Å². The van der Waals surface area contributed by atoms with Crippen LogP contribution in [-0.2, 0) is 0 Å². The Morgan fingerprint density at radius 3 is 2.39 bits per heavy atom. The van der Waals surface area contributed by atoms with Gasteiger partial charge in [0, 0.05) is 21.7 Å². The van der Waals surface area contributed by atoms with Crippen LogP contribution in [0.2, 0.25) is 0 Å². The zero-order valence-electron chi connectivity index (χ0n) is 9.31. The molecular formula is C13H8BrF3O. The lowest BCUT2D eigenvalue weighted by atomic mass is 10.0. The first-order valence-corrected chi connectivity index (χ1v) is 5.81. The molecule has 0 saturated heterocycles. The van der Waals surface area contributed by atoms with Crippen LogP contribution in [-0.4, -0.2) is 7.11 Å². The van der Waals surface area contributed by atoms with Crippen LogP contribution in [0.5, 0.6) is 5.75 Å². The lowest BCUT2D eigenvalue weighted by Gasteiger charge is -2.10.